The van der Waals surface area contributed by atoms with Crippen LogP contribution in [-0.4, -0.2) is 5.11 Å². The van der Waals surface area contributed by atoms with Crippen molar-refractivity contribution in [3.8, 4) is 0 Å². The smallest absolute Gasteiger partial charge is 0.124 e. The minimum Gasteiger partial charge on any atom is -0.509 e. The SMILES string of the molecule is C=CCC1C(=C)C=CC(NN)=C1O. The summed E-state index contributed by atoms with van der Waals surface area (Å²) in [6.07, 6.45) is 5.96. The standard InChI is InChI=1S/C10H14N2O/c1-3-4-8-7(2)5-6-9(12-11)10(8)13/h3,5-6,8,12-13H,1-2,4,11H2. The van der Waals surface area contributed by atoms with E-state index in [0.717, 1.165) is 5.57 Å². The van der Waals surface area contributed by atoms with E-state index < -0.39 is 0 Å². The average molecular weight is 178 g/mol. The van der Waals surface area contributed by atoms with E-state index in [2.05, 4.69) is 18.6 Å². The van der Waals surface area contributed by atoms with E-state index in [9.17, 15) is 5.11 Å². The van der Waals surface area contributed by atoms with Crippen LogP contribution in [0, 0.1) is 5.92 Å². The monoisotopic (exact) mass is 178 g/mol. The zero-order chi connectivity index (χ0) is 9.84. The second-order valence-corrected chi connectivity index (χ2v) is 2.93. The molecule has 0 aromatic rings. The Morgan fingerprint density at radius 3 is 2.85 bits per heavy atom. The van der Waals surface area contributed by atoms with Crippen molar-refractivity contribution in [2.45, 2.75) is 6.42 Å². The van der Waals surface area contributed by atoms with Gasteiger partial charge in [-0.3, -0.25) is 5.84 Å². The Morgan fingerprint density at radius 1 is 1.62 bits per heavy atom. The first-order valence-electron chi connectivity index (χ1n) is 4.08. The summed E-state index contributed by atoms with van der Waals surface area (Å²) >= 11 is 0. The van der Waals surface area contributed by atoms with Crippen molar-refractivity contribution >= 4 is 0 Å². The largest absolute Gasteiger partial charge is 0.509 e. The molecule has 0 saturated carbocycles. The van der Waals surface area contributed by atoms with Gasteiger partial charge < -0.3 is 10.5 Å². The summed E-state index contributed by atoms with van der Waals surface area (Å²) in [5.41, 5.74) is 3.84. The Bertz CT molecular complexity index is 289. The zero-order valence-electron chi connectivity index (χ0n) is 7.46. The van der Waals surface area contributed by atoms with Crippen LogP contribution in [0.25, 0.3) is 0 Å². The maximum Gasteiger partial charge on any atom is 0.124 e. The number of nitrogens with two attached hydrogens (primary N) is 1. The normalized spacial score (nSPS) is 21.9. The molecule has 0 aliphatic heterocycles. The van der Waals surface area contributed by atoms with Gasteiger partial charge in [0.1, 0.15) is 5.76 Å². The highest BCUT2D eigenvalue weighted by Crippen LogP contribution is 2.28. The fraction of sp³-hybridized carbons (Fsp3) is 0.200. The molecule has 13 heavy (non-hydrogen) atoms. The van der Waals surface area contributed by atoms with Crippen molar-refractivity contribution in [3.63, 3.8) is 0 Å². The van der Waals surface area contributed by atoms with Gasteiger partial charge >= 0.3 is 0 Å². The number of hydrogen-bond donors (Lipinski definition) is 3. The van der Waals surface area contributed by atoms with Gasteiger partial charge in [0.2, 0.25) is 0 Å². The van der Waals surface area contributed by atoms with Crippen molar-refractivity contribution in [3.05, 3.63) is 48.4 Å². The lowest BCUT2D eigenvalue weighted by Crippen LogP contribution is -2.25. The maximum absolute atomic E-state index is 9.71. The van der Waals surface area contributed by atoms with Crippen LogP contribution in [0.4, 0.5) is 0 Å². The Morgan fingerprint density at radius 2 is 2.31 bits per heavy atom. The molecule has 0 aromatic carbocycles. The Kier molecular flexibility index (Phi) is 2.93. The molecule has 70 valence electrons. The van der Waals surface area contributed by atoms with Gasteiger partial charge in [0, 0.05) is 5.92 Å². The van der Waals surface area contributed by atoms with E-state index in [-0.39, 0.29) is 11.7 Å². The first-order chi connectivity index (χ1) is 6.20. The van der Waals surface area contributed by atoms with Crippen molar-refractivity contribution in [2.24, 2.45) is 11.8 Å². The molecule has 4 N–H and O–H groups in total. The van der Waals surface area contributed by atoms with E-state index in [1.807, 2.05) is 6.08 Å². The molecule has 3 heteroatoms. The minimum atomic E-state index is -0.0893. The zero-order valence-corrected chi connectivity index (χ0v) is 7.46. The van der Waals surface area contributed by atoms with Crippen molar-refractivity contribution in [1.29, 1.82) is 0 Å². The van der Waals surface area contributed by atoms with Crippen LogP contribution in [0.3, 0.4) is 0 Å². The van der Waals surface area contributed by atoms with E-state index in [0.29, 0.717) is 12.1 Å². The molecule has 3 nitrogen and oxygen atoms in total. The van der Waals surface area contributed by atoms with Crippen LogP contribution >= 0.6 is 0 Å². The molecule has 0 amide bonds. The summed E-state index contributed by atoms with van der Waals surface area (Å²) in [4.78, 5) is 0. The second-order valence-electron chi connectivity index (χ2n) is 2.93. The fourth-order valence-electron chi connectivity index (χ4n) is 1.31. The molecule has 0 spiro atoms. The van der Waals surface area contributed by atoms with Gasteiger partial charge in [-0.05, 0) is 18.1 Å². The van der Waals surface area contributed by atoms with Gasteiger partial charge in [0.05, 0.1) is 5.70 Å². The lowest BCUT2D eigenvalue weighted by molar-refractivity contribution is 0.340. The predicted molar refractivity (Wildman–Crippen MR) is 53.6 cm³/mol. The third-order valence-corrected chi connectivity index (χ3v) is 2.08. The molecule has 0 saturated heterocycles. The Labute approximate surface area is 77.9 Å². The van der Waals surface area contributed by atoms with E-state index >= 15 is 0 Å². The number of hydrazine groups is 1. The van der Waals surface area contributed by atoms with Crippen LogP contribution in [0.5, 0.6) is 0 Å². The molecule has 1 atom stereocenters. The minimum absolute atomic E-state index is 0.0893. The van der Waals surface area contributed by atoms with E-state index in [1.165, 1.54) is 0 Å². The maximum atomic E-state index is 9.71. The summed E-state index contributed by atoms with van der Waals surface area (Å²) in [6.45, 7) is 7.46. The highest BCUT2D eigenvalue weighted by molar-refractivity contribution is 5.38. The molecule has 0 aromatic heterocycles. The van der Waals surface area contributed by atoms with Crippen molar-refractivity contribution in [2.75, 3.05) is 0 Å². The number of nitrogens with one attached hydrogen (secondary N) is 1. The molecule has 1 aliphatic rings. The van der Waals surface area contributed by atoms with Crippen molar-refractivity contribution < 1.29 is 5.11 Å². The van der Waals surface area contributed by atoms with E-state index in [4.69, 9.17) is 5.84 Å². The second kappa shape index (κ2) is 3.96. The number of aliphatic hydroxyl groups excluding tert-OH is 1. The van der Waals surface area contributed by atoms with Crippen molar-refractivity contribution in [1.82, 2.24) is 5.43 Å². The molecule has 1 aliphatic carbocycles. The van der Waals surface area contributed by atoms with Gasteiger partial charge in [0.25, 0.3) is 0 Å². The molecule has 1 rings (SSSR count). The molecule has 0 radical (unpaired) electrons. The molecule has 0 fully saturated rings. The van der Waals surface area contributed by atoms with Gasteiger partial charge in [0.15, 0.2) is 0 Å². The van der Waals surface area contributed by atoms with Crippen LogP contribution in [0.15, 0.2) is 48.4 Å². The van der Waals surface area contributed by atoms with Crippen LogP contribution < -0.4 is 11.3 Å². The Balaban J connectivity index is 2.94. The molecular weight excluding hydrogens is 164 g/mol. The summed E-state index contributed by atoms with van der Waals surface area (Å²) < 4.78 is 0. The highest BCUT2D eigenvalue weighted by Gasteiger charge is 2.20. The first-order valence-corrected chi connectivity index (χ1v) is 4.08. The quantitative estimate of drug-likeness (QED) is 0.349. The van der Waals surface area contributed by atoms with Crippen LogP contribution in [0.1, 0.15) is 6.42 Å². The number of hydrogen-bond acceptors (Lipinski definition) is 3. The summed E-state index contributed by atoms with van der Waals surface area (Å²) in [6, 6.07) is 0. The summed E-state index contributed by atoms with van der Waals surface area (Å²) in [7, 11) is 0. The lowest BCUT2D eigenvalue weighted by atomic mass is 9.90. The van der Waals surface area contributed by atoms with Crippen LogP contribution in [-0.2, 0) is 0 Å². The topological polar surface area (TPSA) is 58.3 Å². The lowest BCUT2D eigenvalue weighted by Gasteiger charge is -2.21. The van der Waals surface area contributed by atoms with E-state index in [1.54, 1.807) is 12.2 Å². The average Bonchev–Trinajstić information content (AvgIpc) is 2.12. The molecule has 0 heterocycles. The number of allylic oxidation sites excluding steroid dienone is 4. The van der Waals surface area contributed by atoms with Gasteiger partial charge in [-0.1, -0.05) is 18.7 Å². The predicted octanol–water partition coefficient (Wildman–Crippen LogP) is 1.54. The highest BCUT2D eigenvalue weighted by atomic mass is 16.3. The third kappa shape index (κ3) is 1.81. The molecule has 1 unspecified atom stereocenters. The first kappa shape index (κ1) is 9.61. The third-order valence-electron chi connectivity index (χ3n) is 2.08. The summed E-state index contributed by atoms with van der Waals surface area (Å²) in [5, 5.41) is 9.71. The van der Waals surface area contributed by atoms with Gasteiger partial charge in [-0.2, -0.15) is 0 Å². The molecule has 0 bridgehead atoms. The van der Waals surface area contributed by atoms with Crippen LogP contribution in [0.2, 0.25) is 0 Å². The Hall–Kier alpha value is -1.48. The van der Waals surface area contributed by atoms with Gasteiger partial charge in [-0.25, -0.2) is 0 Å². The number of aliphatic hydroxyl groups is 1. The van der Waals surface area contributed by atoms with Gasteiger partial charge in [-0.15, -0.1) is 6.58 Å². The fourth-order valence-corrected chi connectivity index (χ4v) is 1.31. The molecular formula is C10H14N2O. The summed E-state index contributed by atoms with van der Waals surface area (Å²) in [5.74, 6) is 5.36. The number of rotatable bonds is 3.